The van der Waals surface area contributed by atoms with Crippen molar-refractivity contribution in [3.63, 3.8) is 0 Å². The molecule has 0 spiro atoms. The van der Waals surface area contributed by atoms with Gasteiger partial charge in [-0.3, -0.25) is 0 Å². The Labute approximate surface area is 387 Å². The van der Waals surface area contributed by atoms with Crippen LogP contribution in [-0.2, 0) is 33.2 Å². The smallest absolute Gasteiger partial charge is 0.187 e. The van der Waals surface area contributed by atoms with Crippen LogP contribution in [0.25, 0.3) is 0 Å². The maximum absolute atomic E-state index is 12.5. The number of aliphatic hydroxyl groups is 12. The summed E-state index contributed by atoms with van der Waals surface area (Å²) in [4.78, 5) is 0. The lowest BCUT2D eigenvalue weighted by Gasteiger charge is -2.71. The van der Waals surface area contributed by atoms with Crippen molar-refractivity contribution in [1.29, 1.82) is 0 Å². The summed E-state index contributed by atoms with van der Waals surface area (Å²) in [5.74, 6) is 0.103. The molecule has 0 bridgehead atoms. The zero-order valence-electron chi connectivity index (χ0n) is 39.7. The van der Waals surface area contributed by atoms with Crippen LogP contribution in [0.4, 0.5) is 0 Å². The molecule has 0 aromatic carbocycles. The molecule has 4 saturated carbocycles. The Kier molecular flexibility index (Phi) is 14.1. The van der Waals surface area contributed by atoms with Gasteiger partial charge in [0.25, 0.3) is 0 Å². The van der Waals surface area contributed by atoms with Crippen LogP contribution in [0.15, 0.2) is 0 Å². The van der Waals surface area contributed by atoms with E-state index in [-0.39, 0.29) is 52.9 Å². The first-order valence-electron chi connectivity index (χ1n) is 24.3. The summed E-state index contributed by atoms with van der Waals surface area (Å²) in [5.41, 5.74) is -2.92. The summed E-state index contributed by atoms with van der Waals surface area (Å²) >= 11 is 0. The van der Waals surface area contributed by atoms with Crippen LogP contribution in [0, 0.1) is 45.3 Å². The average Bonchev–Trinajstić information content (AvgIpc) is 3.64. The fourth-order valence-corrected chi connectivity index (χ4v) is 15.5. The molecule has 0 unspecified atom stereocenters. The van der Waals surface area contributed by atoms with Gasteiger partial charge in [0.05, 0.1) is 49.3 Å². The molecule has 0 radical (unpaired) electrons. The van der Waals surface area contributed by atoms with Gasteiger partial charge in [0.2, 0.25) is 0 Å². The van der Waals surface area contributed by atoms with Crippen LogP contribution in [0.5, 0.6) is 0 Å². The topological polar surface area (TPSA) is 307 Å². The molecule has 26 atom stereocenters. The fraction of sp³-hybridized carbons (Fsp3) is 1.00. The van der Waals surface area contributed by atoms with E-state index in [9.17, 15) is 61.3 Å². The second-order valence-electron chi connectivity index (χ2n) is 23.6. The van der Waals surface area contributed by atoms with Crippen molar-refractivity contribution in [1.82, 2.24) is 0 Å². The van der Waals surface area contributed by atoms with Crippen LogP contribution < -0.4 is 0 Å². The van der Waals surface area contributed by atoms with E-state index < -0.39 is 140 Å². The summed E-state index contributed by atoms with van der Waals surface area (Å²) < 4.78 is 42.8. The molecule has 66 heavy (non-hydrogen) atoms. The molecule has 19 nitrogen and oxygen atoms in total. The predicted molar refractivity (Wildman–Crippen MR) is 228 cm³/mol. The minimum absolute atomic E-state index is 0.0284. The summed E-state index contributed by atoms with van der Waals surface area (Å²) in [7, 11) is 0. The molecule has 4 saturated heterocycles. The molecule has 0 amide bonds. The molecule has 382 valence electrons. The van der Waals surface area contributed by atoms with Gasteiger partial charge < -0.3 is 94.4 Å². The van der Waals surface area contributed by atoms with E-state index in [0.717, 1.165) is 32.1 Å². The van der Waals surface area contributed by atoms with E-state index in [1.54, 1.807) is 0 Å². The van der Waals surface area contributed by atoms with E-state index in [1.807, 2.05) is 20.8 Å². The van der Waals surface area contributed by atoms with E-state index in [4.69, 9.17) is 33.2 Å². The van der Waals surface area contributed by atoms with E-state index in [0.29, 0.717) is 12.8 Å². The normalized spacial score (nSPS) is 57.1. The van der Waals surface area contributed by atoms with Gasteiger partial charge in [0.1, 0.15) is 73.2 Å². The standard InChI is InChI=1S/C47H80O19/c1-42(2)26-10-14-45(6)27(15-21(49)29-20(9-13-46(29,45)7)47(8)16-22(50)38(59)43(3,4)66-47)44(26,5)12-11-28(42)64-41-37(65-40-36(58)33(55)31(53)24(17-48)62-40)34(56)32(54)25(63-41)19-61-39-35(57)30(52)23(51)18-60-39/h20-41,48-59H,9-19H2,1-8H3/t20-,21+,22-,23+,24+,25+,26+,27+,28-,29-,30-,31+,32+,33-,34-,35+,36+,37+,38+,39-,40-,41-,44-,45+,46+,47-/m0/s1. The largest absolute Gasteiger partial charge is 0.394 e. The van der Waals surface area contributed by atoms with E-state index in [2.05, 4.69) is 34.6 Å². The first-order chi connectivity index (χ1) is 30.7. The molecular formula is C47H80O19. The number of fused-ring (bicyclic) bond motifs is 5. The Morgan fingerprint density at radius 2 is 1.21 bits per heavy atom. The van der Waals surface area contributed by atoms with Gasteiger partial charge in [0.15, 0.2) is 18.9 Å². The quantitative estimate of drug-likeness (QED) is 0.121. The Morgan fingerprint density at radius 1 is 0.576 bits per heavy atom. The zero-order chi connectivity index (χ0) is 48.4. The van der Waals surface area contributed by atoms with Crippen molar-refractivity contribution in [2.45, 2.75) is 228 Å². The van der Waals surface area contributed by atoms with Crippen molar-refractivity contribution >= 4 is 0 Å². The Balaban J connectivity index is 1.03. The van der Waals surface area contributed by atoms with E-state index in [1.165, 1.54) is 0 Å². The van der Waals surface area contributed by atoms with Crippen molar-refractivity contribution in [2.24, 2.45) is 45.3 Å². The highest BCUT2D eigenvalue weighted by molar-refractivity contribution is 5.21. The lowest BCUT2D eigenvalue weighted by molar-refractivity contribution is -0.382. The third-order valence-corrected chi connectivity index (χ3v) is 19.3. The highest BCUT2D eigenvalue weighted by Crippen LogP contribution is 2.76. The van der Waals surface area contributed by atoms with Crippen LogP contribution in [0.2, 0.25) is 0 Å². The third-order valence-electron chi connectivity index (χ3n) is 19.3. The Bertz CT molecular complexity index is 1700. The van der Waals surface area contributed by atoms with Gasteiger partial charge in [-0.1, -0.05) is 34.6 Å². The van der Waals surface area contributed by atoms with Gasteiger partial charge in [0, 0.05) is 6.42 Å². The molecule has 8 aliphatic rings. The van der Waals surface area contributed by atoms with Crippen LogP contribution in [0.3, 0.4) is 0 Å². The molecule has 4 aliphatic heterocycles. The maximum atomic E-state index is 12.5. The number of rotatable bonds is 9. The summed E-state index contributed by atoms with van der Waals surface area (Å²) in [5, 5.41) is 130. The molecule has 0 aromatic rings. The van der Waals surface area contributed by atoms with Crippen molar-refractivity contribution < 1.29 is 94.4 Å². The van der Waals surface area contributed by atoms with Crippen LogP contribution >= 0.6 is 0 Å². The average molecular weight is 949 g/mol. The SMILES string of the molecule is CC1(C)O[C@](C)([C@H]2CC[C@]3(C)[C@@H]2[C@H](O)C[C@@H]2[C@@]4(C)CC[C@H](O[C@@H]5O[C@H](CO[C@@H]6OC[C@@H](O)[C@H](O)[C@H]6O)[C@@H](O)[C@H](O)[C@H]5O[C@@H]5O[C@H](CO)[C@@H](O)[C@H](O)[C@H]5O)C(C)(C)[C@H]4CC[C@]23C)C[C@H](O)[C@H]1O. The number of ether oxygens (including phenoxy) is 7. The van der Waals surface area contributed by atoms with Crippen LogP contribution in [-0.4, -0.2) is 203 Å². The Morgan fingerprint density at radius 3 is 1.88 bits per heavy atom. The van der Waals surface area contributed by atoms with Gasteiger partial charge in [-0.2, -0.15) is 0 Å². The van der Waals surface area contributed by atoms with Crippen molar-refractivity contribution in [3.8, 4) is 0 Å². The first-order valence-corrected chi connectivity index (χ1v) is 24.3. The molecular weight excluding hydrogens is 868 g/mol. The number of hydrogen-bond acceptors (Lipinski definition) is 19. The van der Waals surface area contributed by atoms with Crippen molar-refractivity contribution in [2.75, 3.05) is 19.8 Å². The predicted octanol–water partition coefficient (Wildman–Crippen LogP) is -1.21. The molecule has 4 heterocycles. The van der Waals surface area contributed by atoms with Gasteiger partial charge in [-0.15, -0.1) is 0 Å². The maximum Gasteiger partial charge on any atom is 0.187 e. The number of hydrogen-bond donors (Lipinski definition) is 12. The van der Waals surface area contributed by atoms with Crippen LogP contribution in [0.1, 0.15) is 107 Å². The summed E-state index contributed by atoms with van der Waals surface area (Å²) in [6.45, 7) is 15.5. The second kappa shape index (κ2) is 18.1. The van der Waals surface area contributed by atoms with Gasteiger partial charge in [-0.05, 0) is 111 Å². The Hall–Kier alpha value is -0.760. The zero-order valence-corrected chi connectivity index (χ0v) is 39.7. The number of aliphatic hydroxyl groups excluding tert-OH is 12. The highest BCUT2D eigenvalue weighted by Gasteiger charge is 2.72. The lowest BCUT2D eigenvalue weighted by atomic mass is 9.35. The minimum atomic E-state index is -1.84. The highest BCUT2D eigenvalue weighted by atomic mass is 16.8. The molecule has 12 N–H and O–H groups in total. The second-order valence-corrected chi connectivity index (χ2v) is 23.6. The van der Waals surface area contributed by atoms with Gasteiger partial charge in [-0.25, -0.2) is 0 Å². The fourth-order valence-electron chi connectivity index (χ4n) is 15.5. The minimum Gasteiger partial charge on any atom is -0.394 e. The third kappa shape index (κ3) is 8.16. The molecule has 0 aromatic heterocycles. The monoisotopic (exact) mass is 949 g/mol. The molecule has 8 rings (SSSR count). The molecule has 8 fully saturated rings. The summed E-state index contributed by atoms with van der Waals surface area (Å²) in [6, 6.07) is 0. The summed E-state index contributed by atoms with van der Waals surface area (Å²) in [6.07, 6.45) is -19.7. The molecule has 4 aliphatic carbocycles. The first kappa shape index (κ1) is 51.6. The lowest BCUT2D eigenvalue weighted by Crippen LogP contribution is -2.68. The van der Waals surface area contributed by atoms with Gasteiger partial charge >= 0.3 is 0 Å². The van der Waals surface area contributed by atoms with E-state index >= 15 is 0 Å². The van der Waals surface area contributed by atoms with Crippen molar-refractivity contribution in [3.05, 3.63) is 0 Å². The molecule has 19 heteroatoms.